The first-order valence-electron chi connectivity index (χ1n) is 9.47. The van der Waals surface area contributed by atoms with Crippen LogP contribution in [0.5, 0.6) is 5.75 Å². The summed E-state index contributed by atoms with van der Waals surface area (Å²) in [5, 5.41) is 10.2. The zero-order chi connectivity index (χ0) is 24.8. The molecule has 0 aromatic heterocycles. The van der Waals surface area contributed by atoms with Gasteiger partial charge in [-0.25, -0.2) is 17.6 Å². The van der Waals surface area contributed by atoms with Gasteiger partial charge in [-0.1, -0.05) is 0 Å². The second-order valence-corrected chi connectivity index (χ2v) is 7.21. The predicted octanol–water partition coefficient (Wildman–Crippen LogP) is 6.51. The van der Waals surface area contributed by atoms with Crippen LogP contribution in [-0.2, 0) is 4.79 Å². The maximum absolute atomic E-state index is 13.9. The Bertz CT molecular complexity index is 1240. The monoisotopic (exact) mass is 483 g/mol. The van der Waals surface area contributed by atoms with Crippen molar-refractivity contribution in [3.05, 3.63) is 89.0 Å². The summed E-state index contributed by atoms with van der Waals surface area (Å²) in [5.41, 5.74) is -1.56. The molecule has 0 spiro atoms. The van der Waals surface area contributed by atoms with E-state index in [0.717, 1.165) is 35.2 Å². The molecule has 0 radical (unpaired) electrons. The summed E-state index contributed by atoms with van der Waals surface area (Å²) < 4.78 is 99.2. The summed E-state index contributed by atoms with van der Waals surface area (Å²) in [4.78, 5) is 12.6. The third-order valence-electron chi connectivity index (χ3n) is 4.88. The van der Waals surface area contributed by atoms with Gasteiger partial charge in [-0.2, -0.15) is 13.2 Å². The number of benzene rings is 3. The number of halogens is 7. The van der Waals surface area contributed by atoms with Crippen molar-refractivity contribution in [1.82, 2.24) is 0 Å². The number of nitrogens with zero attached hydrogens (tertiary/aromatic N) is 1. The Kier molecular flexibility index (Phi) is 5.72. The highest BCUT2D eigenvalue weighted by Gasteiger charge is 2.43. The third-order valence-corrected chi connectivity index (χ3v) is 4.88. The van der Waals surface area contributed by atoms with E-state index in [1.165, 1.54) is 12.1 Å². The fourth-order valence-electron chi connectivity index (χ4n) is 3.47. The number of aliphatic hydroxyl groups is 1. The van der Waals surface area contributed by atoms with E-state index in [2.05, 4.69) is 0 Å². The van der Waals surface area contributed by atoms with E-state index >= 15 is 0 Å². The molecule has 1 aliphatic heterocycles. The molecule has 1 aliphatic rings. The van der Waals surface area contributed by atoms with Crippen molar-refractivity contribution in [3.8, 4) is 5.75 Å². The molecule has 0 saturated heterocycles. The van der Waals surface area contributed by atoms with Crippen LogP contribution in [0.15, 0.2) is 60.2 Å². The van der Waals surface area contributed by atoms with Crippen LogP contribution in [0.2, 0.25) is 0 Å². The highest BCUT2D eigenvalue weighted by atomic mass is 19.4. The van der Waals surface area contributed by atoms with Crippen LogP contribution in [0.4, 0.5) is 47.8 Å². The van der Waals surface area contributed by atoms with Gasteiger partial charge in [0.2, 0.25) is 0 Å². The summed E-state index contributed by atoms with van der Waals surface area (Å²) in [6.07, 6.45) is -5.23. The van der Waals surface area contributed by atoms with E-state index in [1.54, 1.807) is 0 Å². The number of hydrogen-bond acceptors (Lipinski definition) is 4. The number of ketones is 1. The van der Waals surface area contributed by atoms with Gasteiger partial charge in [0.05, 0.1) is 22.5 Å². The molecule has 0 aliphatic carbocycles. The first kappa shape index (κ1) is 23.1. The largest absolute Gasteiger partial charge is 0.507 e. The standard InChI is InChI=1S/C23H12F7NO3/c24-11-3-12(25)6-16(5-11)31(17-7-13(26)4-14(27)8-17)15-1-2-18-20(9-15)34-10-19(21(18)32)22(33)23(28,29)30/h1-9,32H,10H2. The molecule has 1 heterocycles. The Labute approximate surface area is 187 Å². The number of rotatable bonds is 4. The van der Waals surface area contributed by atoms with Gasteiger partial charge in [0, 0.05) is 23.9 Å². The van der Waals surface area contributed by atoms with Crippen molar-refractivity contribution >= 4 is 28.6 Å². The molecular formula is C23H12F7NO3. The molecule has 0 amide bonds. The highest BCUT2D eigenvalue weighted by Crippen LogP contribution is 2.41. The molecular weight excluding hydrogens is 471 g/mol. The zero-order valence-electron chi connectivity index (χ0n) is 16.8. The molecule has 1 N–H and O–H groups in total. The van der Waals surface area contributed by atoms with Crippen molar-refractivity contribution in [2.45, 2.75) is 6.18 Å². The predicted molar refractivity (Wildman–Crippen MR) is 107 cm³/mol. The summed E-state index contributed by atoms with van der Waals surface area (Å²) in [5.74, 6) is -7.33. The molecule has 4 rings (SSSR count). The van der Waals surface area contributed by atoms with E-state index < -0.39 is 53.2 Å². The van der Waals surface area contributed by atoms with Crippen molar-refractivity contribution in [2.75, 3.05) is 11.5 Å². The fourth-order valence-corrected chi connectivity index (χ4v) is 3.47. The minimum absolute atomic E-state index is 0.0344. The van der Waals surface area contributed by atoms with Crippen LogP contribution >= 0.6 is 0 Å². The Morgan fingerprint density at radius 2 is 1.29 bits per heavy atom. The summed E-state index contributed by atoms with van der Waals surface area (Å²) in [7, 11) is 0. The zero-order valence-corrected chi connectivity index (χ0v) is 16.8. The summed E-state index contributed by atoms with van der Waals surface area (Å²) >= 11 is 0. The van der Waals surface area contributed by atoms with Gasteiger partial charge < -0.3 is 14.7 Å². The number of aliphatic hydroxyl groups excluding tert-OH is 1. The van der Waals surface area contributed by atoms with Gasteiger partial charge in [-0.15, -0.1) is 0 Å². The number of carbonyl (C=O) groups is 1. The van der Waals surface area contributed by atoms with Crippen molar-refractivity contribution in [2.24, 2.45) is 0 Å². The normalized spacial score (nSPS) is 13.4. The lowest BCUT2D eigenvalue weighted by molar-refractivity contribution is -0.167. The van der Waals surface area contributed by atoms with Gasteiger partial charge in [0.25, 0.3) is 5.78 Å². The number of carbonyl (C=O) groups excluding carboxylic acids is 1. The summed E-state index contributed by atoms with van der Waals surface area (Å²) in [6.45, 7) is -0.899. The molecule has 176 valence electrons. The average Bonchev–Trinajstić information content (AvgIpc) is 2.72. The van der Waals surface area contributed by atoms with Gasteiger partial charge in [0.1, 0.15) is 41.4 Å². The van der Waals surface area contributed by atoms with Gasteiger partial charge >= 0.3 is 6.18 Å². The van der Waals surface area contributed by atoms with Gasteiger partial charge in [0.15, 0.2) is 0 Å². The first-order chi connectivity index (χ1) is 15.9. The number of hydrogen-bond donors (Lipinski definition) is 1. The second kappa shape index (κ2) is 8.40. The minimum atomic E-state index is -5.23. The number of fused-ring (bicyclic) bond motifs is 1. The average molecular weight is 483 g/mol. The maximum atomic E-state index is 13.9. The smallest absolute Gasteiger partial charge is 0.454 e. The molecule has 11 heteroatoms. The molecule has 3 aromatic carbocycles. The molecule has 34 heavy (non-hydrogen) atoms. The van der Waals surface area contributed by atoms with Crippen LogP contribution < -0.4 is 9.64 Å². The van der Waals surface area contributed by atoms with Crippen LogP contribution in [0.1, 0.15) is 5.56 Å². The van der Waals surface area contributed by atoms with E-state index in [0.29, 0.717) is 12.1 Å². The van der Waals surface area contributed by atoms with E-state index in [1.807, 2.05) is 0 Å². The lowest BCUT2D eigenvalue weighted by Gasteiger charge is -2.28. The molecule has 0 fully saturated rings. The Morgan fingerprint density at radius 1 is 0.794 bits per heavy atom. The van der Waals surface area contributed by atoms with Crippen molar-refractivity contribution in [3.63, 3.8) is 0 Å². The second-order valence-electron chi connectivity index (χ2n) is 7.21. The lowest BCUT2D eigenvalue weighted by Crippen LogP contribution is -2.29. The van der Waals surface area contributed by atoms with Gasteiger partial charge in [-0.3, -0.25) is 4.79 Å². The topological polar surface area (TPSA) is 49.8 Å². The Balaban J connectivity index is 1.86. The van der Waals surface area contributed by atoms with E-state index in [9.17, 15) is 40.6 Å². The Morgan fingerprint density at radius 3 is 1.76 bits per heavy atom. The molecule has 0 atom stereocenters. The van der Waals surface area contributed by atoms with Crippen LogP contribution in [0, 0.1) is 23.3 Å². The third kappa shape index (κ3) is 4.41. The number of alkyl halides is 3. The molecule has 0 bridgehead atoms. The number of anilines is 3. The fraction of sp³-hybridized carbons (Fsp3) is 0.0870. The molecule has 0 saturated carbocycles. The van der Waals surface area contributed by atoms with E-state index in [4.69, 9.17) is 4.74 Å². The molecule has 3 aromatic rings. The van der Waals surface area contributed by atoms with Crippen LogP contribution in [-0.4, -0.2) is 23.7 Å². The minimum Gasteiger partial charge on any atom is -0.507 e. The van der Waals surface area contributed by atoms with E-state index in [-0.39, 0.29) is 28.4 Å². The number of Topliss-reactive ketones (excluding diaryl/α,β-unsaturated/α-hetero) is 1. The lowest BCUT2D eigenvalue weighted by atomic mass is 10.0. The van der Waals surface area contributed by atoms with Crippen molar-refractivity contribution < 1.29 is 45.4 Å². The molecule has 4 nitrogen and oxygen atoms in total. The van der Waals surface area contributed by atoms with Crippen molar-refractivity contribution in [1.29, 1.82) is 0 Å². The summed E-state index contributed by atoms with van der Waals surface area (Å²) in [6, 6.07) is 8.22. The van der Waals surface area contributed by atoms with Gasteiger partial charge in [-0.05, 0) is 36.4 Å². The van der Waals surface area contributed by atoms with Crippen LogP contribution in [0.25, 0.3) is 5.76 Å². The Hall–Kier alpha value is -4.02. The maximum Gasteiger partial charge on any atom is 0.454 e. The quantitative estimate of drug-likeness (QED) is 0.430. The molecule has 0 unspecified atom stereocenters. The SMILES string of the molecule is O=C(C1=C(O)c2ccc(N(c3cc(F)cc(F)c3)c3cc(F)cc(F)c3)cc2OC1)C(F)(F)F. The number of ether oxygens (including phenoxy) is 1. The first-order valence-corrected chi connectivity index (χ1v) is 9.47. The van der Waals surface area contributed by atoms with Crippen LogP contribution in [0.3, 0.4) is 0 Å². The highest BCUT2D eigenvalue weighted by molar-refractivity contribution is 6.06.